The molecule has 5 nitrogen and oxygen atoms in total. The van der Waals surface area contributed by atoms with Crippen LogP contribution < -0.4 is 10.2 Å². The summed E-state index contributed by atoms with van der Waals surface area (Å²) >= 11 is 0. The second-order valence-electron chi connectivity index (χ2n) is 3.96. The zero-order chi connectivity index (χ0) is 13.0. The molecule has 18 heavy (non-hydrogen) atoms. The molecule has 1 aromatic heterocycles. The number of hydrogen-bond acceptors (Lipinski definition) is 4. The highest BCUT2D eigenvalue weighted by atomic mass is 16.5. The van der Waals surface area contributed by atoms with Crippen molar-refractivity contribution in [3.8, 4) is 5.75 Å². The Labute approximate surface area is 106 Å². The molecule has 2 N–H and O–H groups in total. The highest BCUT2D eigenvalue weighted by Gasteiger charge is 2.09. The van der Waals surface area contributed by atoms with E-state index in [-0.39, 0.29) is 0 Å². The summed E-state index contributed by atoms with van der Waals surface area (Å²) in [5.41, 5.74) is 0.452. The maximum atomic E-state index is 8.95. The van der Waals surface area contributed by atoms with Crippen molar-refractivity contribution in [3.05, 3.63) is 42.5 Å². The minimum atomic E-state index is -1.44. The van der Waals surface area contributed by atoms with E-state index in [0.29, 0.717) is 17.8 Å². The van der Waals surface area contributed by atoms with Gasteiger partial charge in [0.05, 0.1) is 6.54 Å². The van der Waals surface area contributed by atoms with E-state index in [4.69, 9.17) is 14.8 Å². The van der Waals surface area contributed by atoms with Crippen LogP contribution in [0, 0.1) is 6.92 Å². The fourth-order valence-corrected chi connectivity index (χ4v) is 1.64. The quantitative estimate of drug-likeness (QED) is 0.726. The van der Waals surface area contributed by atoms with Crippen LogP contribution in [0.25, 0.3) is 0 Å². The third kappa shape index (κ3) is 3.12. The van der Waals surface area contributed by atoms with Crippen molar-refractivity contribution < 1.29 is 14.8 Å². The smallest absolute Gasteiger partial charge is 0.488 e. The van der Waals surface area contributed by atoms with Crippen LogP contribution in [0.4, 0.5) is 0 Å². The molecule has 0 aliphatic carbocycles. The zero-order valence-electron chi connectivity index (χ0n) is 10.2. The molecule has 0 saturated heterocycles. The van der Waals surface area contributed by atoms with Gasteiger partial charge in [-0.3, -0.25) is 0 Å². The maximum absolute atomic E-state index is 8.95. The summed E-state index contributed by atoms with van der Waals surface area (Å²) in [6, 6.07) is 6.69. The van der Waals surface area contributed by atoms with Gasteiger partial charge in [0, 0.05) is 12.4 Å². The van der Waals surface area contributed by atoms with E-state index >= 15 is 0 Å². The Hall–Kier alpha value is -1.79. The van der Waals surface area contributed by atoms with Crippen molar-refractivity contribution in [3.63, 3.8) is 0 Å². The van der Waals surface area contributed by atoms with Gasteiger partial charge < -0.3 is 19.4 Å². The van der Waals surface area contributed by atoms with Crippen LogP contribution in [0.15, 0.2) is 36.7 Å². The molecule has 0 fully saturated rings. The largest absolute Gasteiger partial charge is 0.492 e. The van der Waals surface area contributed by atoms with Crippen molar-refractivity contribution >= 4 is 12.6 Å². The van der Waals surface area contributed by atoms with Gasteiger partial charge in [-0.15, -0.1) is 0 Å². The van der Waals surface area contributed by atoms with Gasteiger partial charge in [0.15, 0.2) is 0 Å². The van der Waals surface area contributed by atoms with Crippen LogP contribution in [0.3, 0.4) is 0 Å². The fraction of sp³-hybridized carbons (Fsp3) is 0.250. The first-order valence-corrected chi connectivity index (χ1v) is 5.73. The van der Waals surface area contributed by atoms with Crippen molar-refractivity contribution in [2.75, 3.05) is 6.61 Å². The molecule has 0 aliphatic rings. The van der Waals surface area contributed by atoms with Gasteiger partial charge in [-0.25, -0.2) is 4.98 Å². The lowest BCUT2D eigenvalue weighted by Crippen LogP contribution is -2.29. The monoisotopic (exact) mass is 246 g/mol. The number of aromatic nitrogens is 2. The van der Waals surface area contributed by atoms with Crippen LogP contribution in [0.5, 0.6) is 5.75 Å². The van der Waals surface area contributed by atoms with Gasteiger partial charge >= 0.3 is 7.12 Å². The molecular weight excluding hydrogens is 231 g/mol. The zero-order valence-corrected chi connectivity index (χ0v) is 10.2. The molecule has 0 aliphatic heterocycles. The lowest BCUT2D eigenvalue weighted by Gasteiger charge is -2.08. The molecule has 94 valence electrons. The van der Waals surface area contributed by atoms with Gasteiger partial charge in [-0.1, -0.05) is 12.1 Å². The lowest BCUT2D eigenvalue weighted by molar-refractivity contribution is 0.297. The molecule has 1 heterocycles. The molecule has 6 heteroatoms. The molecule has 0 spiro atoms. The predicted molar refractivity (Wildman–Crippen MR) is 68.7 cm³/mol. The highest BCUT2D eigenvalue weighted by Crippen LogP contribution is 2.08. The summed E-state index contributed by atoms with van der Waals surface area (Å²) in [5, 5.41) is 17.9. The SMILES string of the molecule is Cc1nccn1CCOc1ccc(B(O)O)cc1. The molecular formula is C12H15BN2O3. The number of aryl methyl sites for hydroxylation is 1. The second kappa shape index (κ2) is 5.70. The van der Waals surface area contributed by atoms with Crippen LogP contribution >= 0.6 is 0 Å². The molecule has 0 saturated carbocycles. The summed E-state index contributed by atoms with van der Waals surface area (Å²) in [6.07, 6.45) is 3.66. The van der Waals surface area contributed by atoms with Gasteiger partial charge in [0.1, 0.15) is 18.2 Å². The Morgan fingerprint density at radius 2 is 2.00 bits per heavy atom. The summed E-state index contributed by atoms with van der Waals surface area (Å²) in [5.74, 6) is 1.66. The Morgan fingerprint density at radius 1 is 1.28 bits per heavy atom. The van der Waals surface area contributed by atoms with Crippen LogP contribution in [-0.4, -0.2) is 33.3 Å². The fourth-order valence-electron chi connectivity index (χ4n) is 1.64. The normalized spacial score (nSPS) is 10.4. The minimum Gasteiger partial charge on any atom is -0.492 e. The molecule has 0 amide bonds. The van der Waals surface area contributed by atoms with E-state index in [9.17, 15) is 0 Å². The number of imidazole rings is 1. The average Bonchev–Trinajstić information content (AvgIpc) is 2.76. The molecule has 0 bridgehead atoms. The third-order valence-corrected chi connectivity index (χ3v) is 2.70. The maximum Gasteiger partial charge on any atom is 0.488 e. The number of rotatable bonds is 5. The Kier molecular flexibility index (Phi) is 4.01. The molecule has 0 atom stereocenters. The van der Waals surface area contributed by atoms with E-state index < -0.39 is 7.12 Å². The van der Waals surface area contributed by atoms with Crippen LogP contribution in [0.1, 0.15) is 5.82 Å². The summed E-state index contributed by atoms with van der Waals surface area (Å²) < 4.78 is 7.56. The lowest BCUT2D eigenvalue weighted by atomic mass is 9.80. The summed E-state index contributed by atoms with van der Waals surface area (Å²) in [4.78, 5) is 4.13. The van der Waals surface area contributed by atoms with Gasteiger partial charge in [0.2, 0.25) is 0 Å². The van der Waals surface area contributed by atoms with E-state index in [2.05, 4.69) is 4.98 Å². The molecule has 0 radical (unpaired) electrons. The van der Waals surface area contributed by atoms with Gasteiger partial charge in [-0.05, 0) is 24.5 Å². The van der Waals surface area contributed by atoms with Crippen molar-refractivity contribution in [2.24, 2.45) is 0 Å². The minimum absolute atomic E-state index is 0.452. The molecule has 2 rings (SSSR count). The number of nitrogens with zero attached hydrogens (tertiary/aromatic N) is 2. The third-order valence-electron chi connectivity index (χ3n) is 2.70. The number of hydrogen-bond donors (Lipinski definition) is 2. The standard InChI is InChI=1S/C12H15BN2O3/c1-10-14-6-7-15(10)8-9-18-12-4-2-11(3-5-12)13(16)17/h2-7,16-17H,8-9H2,1H3. The predicted octanol–water partition coefficient (Wildman–Crippen LogP) is -0.0497. The van der Waals surface area contributed by atoms with Crippen LogP contribution in [-0.2, 0) is 6.54 Å². The highest BCUT2D eigenvalue weighted by molar-refractivity contribution is 6.58. The first-order chi connectivity index (χ1) is 8.66. The van der Waals surface area contributed by atoms with Crippen molar-refractivity contribution in [2.45, 2.75) is 13.5 Å². The number of benzene rings is 1. The Morgan fingerprint density at radius 3 is 2.56 bits per heavy atom. The summed E-state index contributed by atoms with van der Waals surface area (Å²) in [6.45, 7) is 3.21. The van der Waals surface area contributed by atoms with E-state index in [1.165, 1.54) is 0 Å². The topological polar surface area (TPSA) is 67.5 Å². The first kappa shape index (κ1) is 12.7. The van der Waals surface area contributed by atoms with E-state index in [1.807, 2.05) is 17.7 Å². The summed E-state index contributed by atoms with van der Waals surface area (Å²) in [7, 11) is -1.44. The van der Waals surface area contributed by atoms with Crippen molar-refractivity contribution in [1.29, 1.82) is 0 Å². The van der Waals surface area contributed by atoms with Gasteiger partial charge in [-0.2, -0.15) is 0 Å². The first-order valence-electron chi connectivity index (χ1n) is 5.73. The molecule has 0 unspecified atom stereocenters. The molecule has 2 aromatic rings. The average molecular weight is 246 g/mol. The van der Waals surface area contributed by atoms with E-state index in [0.717, 1.165) is 12.4 Å². The number of ether oxygens (including phenoxy) is 1. The second-order valence-corrected chi connectivity index (χ2v) is 3.96. The molecule has 1 aromatic carbocycles. The van der Waals surface area contributed by atoms with Crippen LogP contribution in [0.2, 0.25) is 0 Å². The van der Waals surface area contributed by atoms with Gasteiger partial charge in [0.25, 0.3) is 0 Å². The van der Waals surface area contributed by atoms with E-state index in [1.54, 1.807) is 30.5 Å². The Bertz CT molecular complexity index is 496. The van der Waals surface area contributed by atoms with Crippen molar-refractivity contribution in [1.82, 2.24) is 9.55 Å². The Balaban J connectivity index is 1.85.